The third kappa shape index (κ3) is 4.30. The Morgan fingerprint density at radius 1 is 1.39 bits per heavy atom. The molecule has 0 aromatic carbocycles. The first kappa shape index (κ1) is 13.3. The molecule has 3 heteroatoms. The van der Waals surface area contributed by atoms with E-state index in [1.807, 2.05) is 12.3 Å². The van der Waals surface area contributed by atoms with Crippen molar-refractivity contribution in [2.45, 2.75) is 58.7 Å². The van der Waals surface area contributed by atoms with Crippen molar-refractivity contribution in [2.75, 3.05) is 0 Å². The third-order valence-electron chi connectivity index (χ3n) is 3.15. The number of nitrogens with one attached hydrogen (secondary N) is 1. The number of aromatic nitrogens is 1. The normalized spacial score (nSPS) is 16.9. The molecule has 0 amide bonds. The molecule has 3 nitrogen and oxygen atoms in total. The van der Waals surface area contributed by atoms with Crippen LogP contribution in [0.3, 0.4) is 0 Å². The van der Waals surface area contributed by atoms with Crippen molar-refractivity contribution in [3.8, 4) is 5.75 Å². The van der Waals surface area contributed by atoms with Gasteiger partial charge in [-0.05, 0) is 38.2 Å². The topological polar surface area (TPSA) is 34.1 Å². The van der Waals surface area contributed by atoms with Crippen molar-refractivity contribution in [3.05, 3.63) is 24.0 Å². The van der Waals surface area contributed by atoms with Crippen LogP contribution in [-0.2, 0) is 6.54 Å². The average Bonchev–Trinajstić information content (AvgIpc) is 3.10. The lowest BCUT2D eigenvalue weighted by molar-refractivity contribution is 0.191. The molecule has 1 aliphatic carbocycles. The molecule has 0 bridgehead atoms. The van der Waals surface area contributed by atoms with E-state index in [0.29, 0.717) is 12.0 Å². The van der Waals surface area contributed by atoms with E-state index in [0.717, 1.165) is 18.7 Å². The number of ether oxygens (including phenoxy) is 1. The molecule has 100 valence electrons. The van der Waals surface area contributed by atoms with Crippen LogP contribution in [-0.4, -0.2) is 17.1 Å². The molecule has 1 N–H and O–H groups in total. The van der Waals surface area contributed by atoms with Gasteiger partial charge in [-0.2, -0.15) is 0 Å². The fraction of sp³-hybridized carbons (Fsp3) is 0.667. The fourth-order valence-electron chi connectivity index (χ4n) is 2.13. The van der Waals surface area contributed by atoms with E-state index in [1.165, 1.54) is 18.4 Å². The van der Waals surface area contributed by atoms with Crippen LogP contribution in [0, 0.1) is 5.92 Å². The third-order valence-corrected chi connectivity index (χ3v) is 3.15. The summed E-state index contributed by atoms with van der Waals surface area (Å²) in [7, 11) is 0. The van der Waals surface area contributed by atoms with Crippen molar-refractivity contribution in [2.24, 2.45) is 5.92 Å². The van der Waals surface area contributed by atoms with E-state index in [1.54, 1.807) is 6.20 Å². The van der Waals surface area contributed by atoms with Gasteiger partial charge in [0.15, 0.2) is 0 Å². The van der Waals surface area contributed by atoms with E-state index in [4.69, 9.17) is 4.74 Å². The summed E-state index contributed by atoms with van der Waals surface area (Å²) in [6, 6.07) is 2.69. The predicted octanol–water partition coefficient (Wildman–Crippen LogP) is 3.15. The molecule has 1 aromatic rings. The van der Waals surface area contributed by atoms with Gasteiger partial charge in [0.1, 0.15) is 5.75 Å². The second kappa shape index (κ2) is 6.19. The summed E-state index contributed by atoms with van der Waals surface area (Å²) >= 11 is 0. The first-order valence-corrected chi connectivity index (χ1v) is 6.98. The van der Waals surface area contributed by atoms with Gasteiger partial charge in [0.25, 0.3) is 0 Å². The number of nitrogens with zero attached hydrogens (tertiary/aromatic N) is 1. The van der Waals surface area contributed by atoms with Crippen molar-refractivity contribution in [3.63, 3.8) is 0 Å². The van der Waals surface area contributed by atoms with Crippen LogP contribution in [0.15, 0.2) is 18.5 Å². The van der Waals surface area contributed by atoms with E-state index < -0.39 is 0 Å². The smallest absolute Gasteiger partial charge is 0.127 e. The van der Waals surface area contributed by atoms with Crippen LogP contribution in [0.2, 0.25) is 0 Å². The highest BCUT2D eigenvalue weighted by Crippen LogP contribution is 2.23. The lowest BCUT2D eigenvalue weighted by Gasteiger charge is -2.18. The van der Waals surface area contributed by atoms with E-state index in [9.17, 15) is 0 Å². The van der Waals surface area contributed by atoms with Gasteiger partial charge in [0, 0.05) is 30.5 Å². The summed E-state index contributed by atoms with van der Waals surface area (Å²) in [6.45, 7) is 7.45. The molecule has 0 saturated heterocycles. The minimum atomic E-state index is 0.257. The lowest BCUT2D eigenvalue weighted by atomic mass is 10.1. The first-order chi connectivity index (χ1) is 8.65. The van der Waals surface area contributed by atoms with Gasteiger partial charge in [0.2, 0.25) is 0 Å². The maximum atomic E-state index is 6.03. The highest BCUT2D eigenvalue weighted by Gasteiger charge is 2.20. The zero-order valence-electron chi connectivity index (χ0n) is 11.6. The van der Waals surface area contributed by atoms with Crippen LogP contribution in [0.5, 0.6) is 5.75 Å². The quantitative estimate of drug-likeness (QED) is 0.805. The largest absolute Gasteiger partial charge is 0.490 e. The maximum Gasteiger partial charge on any atom is 0.127 e. The zero-order valence-corrected chi connectivity index (χ0v) is 11.6. The highest BCUT2D eigenvalue weighted by molar-refractivity contribution is 5.30. The van der Waals surface area contributed by atoms with E-state index in [2.05, 4.69) is 31.1 Å². The molecule has 1 aromatic heterocycles. The molecule has 0 radical (unpaired) electrons. The first-order valence-electron chi connectivity index (χ1n) is 6.98. The molecule has 1 heterocycles. The summed E-state index contributed by atoms with van der Waals surface area (Å²) in [6.07, 6.45) is 7.66. The molecule has 1 unspecified atom stereocenters. The molecule has 0 spiro atoms. The number of hydrogen-bond donors (Lipinski definition) is 1. The Morgan fingerprint density at radius 2 is 2.17 bits per heavy atom. The molecule has 1 fully saturated rings. The van der Waals surface area contributed by atoms with Crippen LogP contribution in [0.4, 0.5) is 0 Å². The highest BCUT2D eigenvalue weighted by atomic mass is 16.5. The second-order valence-electron chi connectivity index (χ2n) is 5.70. The molecule has 18 heavy (non-hydrogen) atoms. The van der Waals surface area contributed by atoms with E-state index in [-0.39, 0.29) is 6.10 Å². The standard InChI is InChI=1S/C15H24N2O/c1-11(2)8-12(3)18-15-6-7-16-9-13(15)10-17-14-4-5-14/h6-7,9,11-12,14,17H,4-5,8,10H2,1-3H3. The van der Waals surface area contributed by atoms with Crippen molar-refractivity contribution in [1.29, 1.82) is 0 Å². The summed E-state index contributed by atoms with van der Waals surface area (Å²) < 4.78 is 6.03. The zero-order chi connectivity index (χ0) is 13.0. The Hall–Kier alpha value is -1.09. The fourth-order valence-corrected chi connectivity index (χ4v) is 2.13. The van der Waals surface area contributed by atoms with Crippen molar-refractivity contribution >= 4 is 0 Å². The molecular weight excluding hydrogens is 224 g/mol. The summed E-state index contributed by atoms with van der Waals surface area (Å²) in [5.41, 5.74) is 1.17. The summed E-state index contributed by atoms with van der Waals surface area (Å²) in [5.74, 6) is 1.64. The van der Waals surface area contributed by atoms with Crippen LogP contribution < -0.4 is 10.1 Å². The summed E-state index contributed by atoms with van der Waals surface area (Å²) in [5, 5.41) is 3.51. The Balaban J connectivity index is 1.92. The van der Waals surface area contributed by atoms with Gasteiger partial charge in [0.05, 0.1) is 6.10 Å². The molecule has 0 aliphatic heterocycles. The van der Waals surface area contributed by atoms with Gasteiger partial charge in [-0.15, -0.1) is 0 Å². The van der Waals surface area contributed by atoms with E-state index >= 15 is 0 Å². The van der Waals surface area contributed by atoms with Crippen molar-refractivity contribution in [1.82, 2.24) is 10.3 Å². The van der Waals surface area contributed by atoms with Crippen molar-refractivity contribution < 1.29 is 4.74 Å². The minimum Gasteiger partial charge on any atom is -0.490 e. The molecule has 1 aliphatic rings. The van der Waals surface area contributed by atoms with Crippen LogP contribution in [0.1, 0.15) is 45.6 Å². The van der Waals surface area contributed by atoms with Gasteiger partial charge >= 0.3 is 0 Å². The van der Waals surface area contributed by atoms with Crippen LogP contribution in [0.25, 0.3) is 0 Å². The Bertz CT molecular complexity index is 375. The minimum absolute atomic E-state index is 0.257. The monoisotopic (exact) mass is 248 g/mol. The Kier molecular flexibility index (Phi) is 4.59. The number of rotatable bonds is 7. The Morgan fingerprint density at radius 3 is 2.83 bits per heavy atom. The second-order valence-corrected chi connectivity index (χ2v) is 5.70. The predicted molar refractivity (Wildman–Crippen MR) is 73.6 cm³/mol. The maximum absolute atomic E-state index is 6.03. The van der Waals surface area contributed by atoms with Gasteiger partial charge in [-0.25, -0.2) is 0 Å². The molecule has 1 saturated carbocycles. The Labute approximate surface area is 110 Å². The lowest BCUT2D eigenvalue weighted by Crippen LogP contribution is -2.19. The molecule has 2 rings (SSSR count). The average molecular weight is 248 g/mol. The SMILES string of the molecule is CC(C)CC(C)Oc1ccncc1CNC1CC1. The molecule has 1 atom stereocenters. The van der Waals surface area contributed by atoms with Crippen LogP contribution >= 0.6 is 0 Å². The van der Waals surface area contributed by atoms with Gasteiger partial charge in [-0.3, -0.25) is 4.98 Å². The number of pyridine rings is 1. The summed E-state index contributed by atoms with van der Waals surface area (Å²) in [4.78, 5) is 4.19. The van der Waals surface area contributed by atoms with Gasteiger partial charge < -0.3 is 10.1 Å². The van der Waals surface area contributed by atoms with Gasteiger partial charge in [-0.1, -0.05) is 13.8 Å². The molecular formula is C15H24N2O. The number of hydrogen-bond acceptors (Lipinski definition) is 3.